The van der Waals surface area contributed by atoms with Gasteiger partial charge in [0, 0.05) is 17.2 Å². The molecule has 0 aliphatic carbocycles. The number of hydrogen-bond donors (Lipinski definition) is 1. The van der Waals surface area contributed by atoms with Crippen LogP contribution in [0.5, 0.6) is 0 Å². The summed E-state index contributed by atoms with van der Waals surface area (Å²) < 4.78 is 40.8. The van der Waals surface area contributed by atoms with Crippen LogP contribution in [0.25, 0.3) is 0 Å². The van der Waals surface area contributed by atoms with Crippen LogP contribution >= 0.6 is 11.8 Å². The Kier molecular flexibility index (Phi) is 7.93. The Bertz CT molecular complexity index is 1150. The van der Waals surface area contributed by atoms with E-state index in [1.165, 1.54) is 17.7 Å². The zero-order chi connectivity index (χ0) is 23.1. The van der Waals surface area contributed by atoms with Gasteiger partial charge in [0.1, 0.15) is 12.4 Å². The molecule has 5 nitrogen and oxygen atoms in total. The number of halogens is 1. The van der Waals surface area contributed by atoms with Crippen molar-refractivity contribution in [2.45, 2.75) is 23.6 Å². The Morgan fingerprint density at radius 2 is 1.47 bits per heavy atom. The number of hydrogen-bond acceptors (Lipinski definition) is 4. The Balaban J connectivity index is 1.69. The van der Waals surface area contributed by atoms with Crippen molar-refractivity contribution in [2.24, 2.45) is 0 Å². The minimum atomic E-state index is -4.06. The molecular weight excluding hydrogens is 447 g/mol. The smallest absolute Gasteiger partial charge is 0.264 e. The molecule has 0 aromatic heterocycles. The third kappa shape index (κ3) is 6.34. The SMILES string of the molecule is Cc1ccc(SCCNC(=O)CN(c2ccc(C)cc2)S(=O)(=O)c2ccc(F)cc2)cc1. The quantitative estimate of drug-likeness (QED) is 0.367. The van der Waals surface area contributed by atoms with Gasteiger partial charge >= 0.3 is 0 Å². The summed E-state index contributed by atoms with van der Waals surface area (Å²) in [5.41, 5.74) is 2.51. The van der Waals surface area contributed by atoms with Gasteiger partial charge in [-0.05, 0) is 62.4 Å². The molecule has 0 aliphatic rings. The van der Waals surface area contributed by atoms with Crippen molar-refractivity contribution in [3.05, 3.63) is 89.7 Å². The second kappa shape index (κ2) is 10.7. The number of nitrogens with zero attached hydrogens (tertiary/aromatic N) is 1. The fraction of sp³-hybridized carbons (Fsp3) is 0.208. The highest BCUT2D eigenvalue weighted by atomic mass is 32.2. The Morgan fingerprint density at radius 1 is 0.906 bits per heavy atom. The lowest BCUT2D eigenvalue weighted by Gasteiger charge is -2.24. The minimum absolute atomic E-state index is 0.0813. The molecule has 3 aromatic rings. The number of amides is 1. The van der Waals surface area contributed by atoms with E-state index in [0.29, 0.717) is 18.0 Å². The number of rotatable bonds is 9. The molecule has 1 N–H and O–H groups in total. The topological polar surface area (TPSA) is 66.5 Å². The monoisotopic (exact) mass is 472 g/mol. The van der Waals surface area contributed by atoms with Crippen molar-refractivity contribution in [1.82, 2.24) is 5.32 Å². The van der Waals surface area contributed by atoms with Crippen LogP contribution in [0.15, 0.2) is 82.6 Å². The third-order valence-electron chi connectivity index (χ3n) is 4.72. The Labute approximate surface area is 192 Å². The van der Waals surface area contributed by atoms with E-state index >= 15 is 0 Å². The number of carbonyl (C=O) groups is 1. The molecule has 0 saturated carbocycles. The van der Waals surface area contributed by atoms with Crippen LogP contribution in [-0.2, 0) is 14.8 Å². The molecule has 32 heavy (non-hydrogen) atoms. The van der Waals surface area contributed by atoms with E-state index in [2.05, 4.69) is 5.32 Å². The molecule has 168 valence electrons. The summed E-state index contributed by atoms with van der Waals surface area (Å²) in [7, 11) is -4.06. The number of aryl methyl sites for hydroxylation is 2. The van der Waals surface area contributed by atoms with Crippen LogP contribution in [0.4, 0.5) is 10.1 Å². The summed E-state index contributed by atoms with van der Waals surface area (Å²) >= 11 is 1.61. The van der Waals surface area contributed by atoms with Gasteiger partial charge in [-0.2, -0.15) is 0 Å². The van der Waals surface area contributed by atoms with E-state index in [4.69, 9.17) is 0 Å². The van der Waals surface area contributed by atoms with Crippen molar-refractivity contribution in [3.63, 3.8) is 0 Å². The van der Waals surface area contributed by atoms with E-state index in [1.807, 2.05) is 38.1 Å². The lowest BCUT2D eigenvalue weighted by Crippen LogP contribution is -2.41. The molecule has 0 bridgehead atoms. The molecule has 0 spiro atoms. The van der Waals surface area contributed by atoms with Gasteiger partial charge in [-0.3, -0.25) is 9.10 Å². The van der Waals surface area contributed by atoms with E-state index in [0.717, 1.165) is 26.9 Å². The molecule has 0 radical (unpaired) electrons. The first kappa shape index (κ1) is 23.8. The summed E-state index contributed by atoms with van der Waals surface area (Å²) in [5.74, 6) is -0.292. The molecule has 0 unspecified atom stereocenters. The highest BCUT2D eigenvalue weighted by molar-refractivity contribution is 7.99. The van der Waals surface area contributed by atoms with Gasteiger partial charge in [-0.15, -0.1) is 11.8 Å². The number of thioether (sulfide) groups is 1. The average molecular weight is 473 g/mol. The first-order chi connectivity index (χ1) is 15.3. The molecular formula is C24H25FN2O3S2. The molecule has 3 rings (SSSR count). The van der Waals surface area contributed by atoms with E-state index in [9.17, 15) is 17.6 Å². The van der Waals surface area contributed by atoms with Gasteiger partial charge in [-0.1, -0.05) is 35.4 Å². The lowest BCUT2D eigenvalue weighted by atomic mass is 10.2. The lowest BCUT2D eigenvalue weighted by molar-refractivity contribution is -0.119. The maximum Gasteiger partial charge on any atom is 0.264 e. The van der Waals surface area contributed by atoms with E-state index < -0.39 is 21.7 Å². The summed E-state index contributed by atoms with van der Waals surface area (Å²) in [6, 6.07) is 19.5. The Hall–Kier alpha value is -2.84. The third-order valence-corrected chi connectivity index (χ3v) is 7.53. The normalized spacial score (nSPS) is 11.2. The molecule has 0 saturated heterocycles. The van der Waals surface area contributed by atoms with Crippen molar-refractivity contribution in [3.8, 4) is 0 Å². The van der Waals surface area contributed by atoms with Gasteiger partial charge in [0.2, 0.25) is 5.91 Å². The maximum absolute atomic E-state index is 13.3. The zero-order valence-electron chi connectivity index (χ0n) is 17.9. The van der Waals surface area contributed by atoms with Crippen LogP contribution in [0.3, 0.4) is 0 Å². The molecule has 0 fully saturated rings. The van der Waals surface area contributed by atoms with Gasteiger partial charge in [0.15, 0.2) is 0 Å². The molecule has 1 amide bonds. The van der Waals surface area contributed by atoms with Crippen molar-refractivity contribution < 1.29 is 17.6 Å². The van der Waals surface area contributed by atoms with Crippen molar-refractivity contribution >= 4 is 33.4 Å². The van der Waals surface area contributed by atoms with Crippen LogP contribution in [0, 0.1) is 19.7 Å². The maximum atomic E-state index is 13.3. The molecule has 3 aromatic carbocycles. The highest BCUT2D eigenvalue weighted by Gasteiger charge is 2.27. The number of sulfonamides is 1. The number of anilines is 1. The summed E-state index contributed by atoms with van der Waals surface area (Å²) in [4.78, 5) is 13.6. The fourth-order valence-corrected chi connectivity index (χ4v) is 5.13. The van der Waals surface area contributed by atoms with Gasteiger partial charge in [0.25, 0.3) is 10.0 Å². The molecule has 0 aliphatic heterocycles. The van der Waals surface area contributed by atoms with Crippen molar-refractivity contribution in [2.75, 3.05) is 23.1 Å². The van der Waals surface area contributed by atoms with Crippen molar-refractivity contribution in [1.29, 1.82) is 0 Å². The molecule has 8 heteroatoms. The second-order valence-electron chi connectivity index (χ2n) is 7.31. The standard InChI is InChI=1S/C24H25FN2O3S2/c1-18-3-9-21(10-4-18)27(32(29,30)23-13-7-20(25)8-14-23)17-24(28)26-15-16-31-22-11-5-19(2)6-12-22/h3-14H,15-17H2,1-2H3,(H,26,28). The van der Waals surface area contributed by atoms with E-state index in [-0.39, 0.29) is 11.4 Å². The number of nitrogens with one attached hydrogen (secondary N) is 1. The molecule has 0 heterocycles. The van der Waals surface area contributed by atoms with Crippen LogP contribution in [0.2, 0.25) is 0 Å². The van der Waals surface area contributed by atoms with Crippen LogP contribution in [0.1, 0.15) is 11.1 Å². The predicted octanol–water partition coefficient (Wildman–Crippen LogP) is 4.55. The summed E-state index contributed by atoms with van der Waals surface area (Å²) in [6.45, 7) is 3.93. The van der Waals surface area contributed by atoms with Gasteiger partial charge in [0.05, 0.1) is 10.6 Å². The summed E-state index contributed by atoms with van der Waals surface area (Å²) in [5, 5.41) is 2.78. The average Bonchev–Trinajstić information content (AvgIpc) is 2.77. The first-order valence-corrected chi connectivity index (χ1v) is 12.5. The van der Waals surface area contributed by atoms with Crippen LogP contribution in [-0.4, -0.2) is 33.2 Å². The first-order valence-electron chi connectivity index (χ1n) is 10.1. The Morgan fingerprint density at radius 3 is 2.06 bits per heavy atom. The minimum Gasteiger partial charge on any atom is -0.354 e. The van der Waals surface area contributed by atoms with Gasteiger partial charge < -0.3 is 5.32 Å². The fourth-order valence-electron chi connectivity index (χ4n) is 2.94. The second-order valence-corrected chi connectivity index (χ2v) is 10.3. The summed E-state index contributed by atoms with van der Waals surface area (Å²) in [6.07, 6.45) is 0. The predicted molar refractivity (Wildman–Crippen MR) is 127 cm³/mol. The molecule has 0 atom stereocenters. The number of carbonyl (C=O) groups excluding carboxylic acids is 1. The van der Waals surface area contributed by atoms with E-state index in [1.54, 1.807) is 36.0 Å². The van der Waals surface area contributed by atoms with Crippen LogP contribution < -0.4 is 9.62 Å². The zero-order valence-corrected chi connectivity index (χ0v) is 19.5. The highest BCUT2D eigenvalue weighted by Crippen LogP contribution is 2.24. The number of benzene rings is 3. The van der Waals surface area contributed by atoms with Gasteiger partial charge in [-0.25, -0.2) is 12.8 Å². The largest absolute Gasteiger partial charge is 0.354 e.